The predicted molar refractivity (Wildman–Crippen MR) is 77.5 cm³/mol. The summed E-state index contributed by atoms with van der Waals surface area (Å²) in [5, 5.41) is 3.96. The molecule has 0 aliphatic heterocycles. The number of sulfonamides is 1. The number of nitrogens with one attached hydrogen (secondary N) is 1. The second-order valence-electron chi connectivity index (χ2n) is 4.81. The Morgan fingerprint density at radius 1 is 1.43 bits per heavy atom. The minimum Gasteiger partial charge on any atom is -0.396 e. The lowest BCUT2D eigenvalue weighted by atomic mass is 10.1. The summed E-state index contributed by atoms with van der Waals surface area (Å²) >= 11 is 0. The van der Waals surface area contributed by atoms with E-state index in [2.05, 4.69) is 9.82 Å². The Labute approximate surface area is 122 Å². The van der Waals surface area contributed by atoms with E-state index in [1.54, 1.807) is 24.0 Å². The molecule has 0 aliphatic carbocycles. The highest BCUT2D eigenvalue weighted by Crippen LogP contribution is 2.27. The molecular weight excluding hydrogens is 295 g/mol. The molecule has 2 rings (SSSR count). The molecule has 2 aromatic rings. The van der Waals surface area contributed by atoms with Gasteiger partial charge in [0.05, 0.1) is 22.8 Å². The van der Waals surface area contributed by atoms with Crippen molar-refractivity contribution in [3.05, 3.63) is 41.0 Å². The Balaban J connectivity index is 2.37. The first-order valence-corrected chi connectivity index (χ1v) is 7.74. The number of benzene rings is 1. The molecule has 0 atom stereocenters. The minimum atomic E-state index is -3.79. The van der Waals surface area contributed by atoms with Gasteiger partial charge in [0.15, 0.2) is 0 Å². The summed E-state index contributed by atoms with van der Waals surface area (Å²) < 4.78 is 42.4. The Morgan fingerprint density at radius 3 is 2.67 bits per heavy atom. The summed E-state index contributed by atoms with van der Waals surface area (Å²) in [6.45, 7) is 3.12. The van der Waals surface area contributed by atoms with Gasteiger partial charge in [0.25, 0.3) is 0 Å². The van der Waals surface area contributed by atoms with Gasteiger partial charge < -0.3 is 5.73 Å². The number of anilines is 1. The SMILES string of the molecule is Cc1cc(F)c(N)c(C)c1S(=O)(=O)NCc1ccnn1C. The van der Waals surface area contributed by atoms with Crippen LogP contribution in [0.5, 0.6) is 0 Å². The monoisotopic (exact) mass is 312 g/mol. The number of nitrogen functional groups attached to an aromatic ring is 1. The molecule has 1 heterocycles. The average Bonchev–Trinajstić information content (AvgIpc) is 2.79. The number of nitrogens with zero attached hydrogens (tertiary/aromatic N) is 2. The summed E-state index contributed by atoms with van der Waals surface area (Å²) in [7, 11) is -2.07. The zero-order chi connectivity index (χ0) is 15.8. The van der Waals surface area contributed by atoms with Crippen LogP contribution in [0.4, 0.5) is 10.1 Å². The van der Waals surface area contributed by atoms with Gasteiger partial charge in [-0.05, 0) is 37.1 Å². The maximum absolute atomic E-state index is 13.5. The molecule has 1 aromatic heterocycles. The van der Waals surface area contributed by atoms with Crippen LogP contribution in [0, 0.1) is 19.7 Å². The van der Waals surface area contributed by atoms with E-state index in [4.69, 9.17) is 5.73 Å². The van der Waals surface area contributed by atoms with Crippen LogP contribution in [0.1, 0.15) is 16.8 Å². The highest BCUT2D eigenvalue weighted by molar-refractivity contribution is 7.89. The molecule has 3 N–H and O–H groups in total. The number of aryl methyl sites for hydroxylation is 2. The van der Waals surface area contributed by atoms with Gasteiger partial charge in [-0.1, -0.05) is 0 Å². The molecular formula is C13H17FN4O2S. The van der Waals surface area contributed by atoms with Crippen molar-refractivity contribution in [3.8, 4) is 0 Å². The van der Waals surface area contributed by atoms with Crippen LogP contribution in [-0.2, 0) is 23.6 Å². The lowest BCUT2D eigenvalue weighted by Crippen LogP contribution is -2.26. The highest BCUT2D eigenvalue weighted by Gasteiger charge is 2.23. The van der Waals surface area contributed by atoms with E-state index in [9.17, 15) is 12.8 Å². The van der Waals surface area contributed by atoms with Crippen molar-refractivity contribution in [2.45, 2.75) is 25.3 Å². The number of rotatable bonds is 4. The molecule has 8 heteroatoms. The number of halogens is 1. The smallest absolute Gasteiger partial charge is 0.241 e. The molecule has 0 radical (unpaired) electrons. The topological polar surface area (TPSA) is 90.0 Å². The van der Waals surface area contributed by atoms with Gasteiger partial charge in [-0.2, -0.15) is 5.10 Å². The molecule has 0 fully saturated rings. The van der Waals surface area contributed by atoms with Crippen molar-refractivity contribution in [3.63, 3.8) is 0 Å². The van der Waals surface area contributed by atoms with Crippen molar-refractivity contribution < 1.29 is 12.8 Å². The fourth-order valence-corrected chi connectivity index (χ4v) is 3.64. The van der Waals surface area contributed by atoms with E-state index < -0.39 is 15.8 Å². The van der Waals surface area contributed by atoms with Gasteiger partial charge in [0.1, 0.15) is 5.82 Å². The normalized spacial score (nSPS) is 11.8. The molecule has 0 amide bonds. The Kier molecular flexibility index (Phi) is 4.02. The van der Waals surface area contributed by atoms with Gasteiger partial charge in [-0.15, -0.1) is 0 Å². The highest BCUT2D eigenvalue weighted by atomic mass is 32.2. The maximum atomic E-state index is 13.5. The molecule has 0 unspecified atom stereocenters. The average molecular weight is 312 g/mol. The van der Waals surface area contributed by atoms with Crippen LogP contribution >= 0.6 is 0 Å². The fourth-order valence-electron chi connectivity index (χ4n) is 2.16. The predicted octanol–water partition coefficient (Wildman–Crippen LogP) is 1.24. The van der Waals surface area contributed by atoms with Gasteiger partial charge >= 0.3 is 0 Å². The molecule has 0 saturated carbocycles. The Bertz CT molecular complexity index is 784. The number of aromatic nitrogens is 2. The van der Waals surface area contributed by atoms with Crippen molar-refractivity contribution >= 4 is 15.7 Å². The third kappa shape index (κ3) is 2.91. The molecule has 114 valence electrons. The summed E-state index contributed by atoms with van der Waals surface area (Å²) in [5.74, 6) is -0.615. The lowest BCUT2D eigenvalue weighted by molar-refractivity contribution is 0.575. The second kappa shape index (κ2) is 5.45. The van der Waals surface area contributed by atoms with Crippen LogP contribution in [-0.4, -0.2) is 18.2 Å². The quantitative estimate of drug-likeness (QED) is 0.831. The number of hydrogen-bond donors (Lipinski definition) is 2. The standard InChI is InChI=1S/C13H17FN4O2S/c1-8-6-11(14)12(15)9(2)13(8)21(19,20)17-7-10-4-5-16-18(10)3/h4-6,17H,7,15H2,1-3H3. The minimum absolute atomic E-state index is 0.0172. The molecule has 0 saturated heterocycles. The van der Waals surface area contributed by atoms with Gasteiger partial charge in [0.2, 0.25) is 10.0 Å². The van der Waals surface area contributed by atoms with Gasteiger partial charge in [0, 0.05) is 13.2 Å². The molecule has 0 spiro atoms. The van der Waals surface area contributed by atoms with E-state index in [-0.39, 0.29) is 22.7 Å². The van der Waals surface area contributed by atoms with Crippen molar-refractivity contribution in [2.75, 3.05) is 5.73 Å². The molecule has 21 heavy (non-hydrogen) atoms. The van der Waals surface area contributed by atoms with Gasteiger partial charge in [-0.3, -0.25) is 4.68 Å². The third-order valence-corrected chi connectivity index (χ3v) is 5.03. The van der Waals surface area contributed by atoms with E-state index in [1.165, 1.54) is 13.8 Å². The Hall–Kier alpha value is -1.93. The first kappa shape index (κ1) is 15.5. The molecule has 0 aliphatic rings. The summed E-state index contributed by atoms with van der Waals surface area (Å²) in [5.41, 5.74) is 6.67. The number of nitrogens with two attached hydrogens (primary N) is 1. The molecule has 0 bridgehead atoms. The van der Waals surface area contributed by atoms with Crippen LogP contribution in [0.3, 0.4) is 0 Å². The van der Waals surface area contributed by atoms with Crippen LogP contribution < -0.4 is 10.5 Å². The van der Waals surface area contributed by atoms with Crippen LogP contribution in [0.2, 0.25) is 0 Å². The van der Waals surface area contributed by atoms with Crippen molar-refractivity contribution in [1.82, 2.24) is 14.5 Å². The zero-order valence-corrected chi connectivity index (χ0v) is 12.8. The summed E-state index contributed by atoms with van der Waals surface area (Å²) in [6.07, 6.45) is 1.58. The largest absolute Gasteiger partial charge is 0.396 e. The van der Waals surface area contributed by atoms with Gasteiger partial charge in [-0.25, -0.2) is 17.5 Å². The van der Waals surface area contributed by atoms with E-state index in [0.29, 0.717) is 11.3 Å². The summed E-state index contributed by atoms with van der Waals surface area (Å²) in [6, 6.07) is 2.84. The van der Waals surface area contributed by atoms with Crippen molar-refractivity contribution in [1.29, 1.82) is 0 Å². The number of hydrogen-bond acceptors (Lipinski definition) is 4. The summed E-state index contributed by atoms with van der Waals surface area (Å²) in [4.78, 5) is 0.0172. The van der Waals surface area contributed by atoms with Crippen molar-refractivity contribution in [2.24, 2.45) is 7.05 Å². The van der Waals surface area contributed by atoms with E-state index in [0.717, 1.165) is 6.07 Å². The van der Waals surface area contributed by atoms with E-state index >= 15 is 0 Å². The third-order valence-electron chi connectivity index (χ3n) is 3.34. The fraction of sp³-hybridized carbons (Fsp3) is 0.308. The zero-order valence-electron chi connectivity index (χ0n) is 12.0. The second-order valence-corrected chi connectivity index (χ2v) is 6.52. The van der Waals surface area contributed by atoms with E-state index in [1.807, 2.05) is 0 Å². The lowest BCUT2D eigenvalue weighted by Gasteiger charge is -2.14. The maximum Gasteiger partial charge on any atom is 0.241 e. The first-order valence-electron chi connectivity index (χ1n) is 6.25. The van der Waals surface area contributed by atoms with Crippen LogP contribution in [0.25, 0.3) is 0 Å². The van der Waals surface area contributed by atoms with Crippen LogP contribution in [0.15, 0.2) is 23.2 Å². The molecule has 6 nitrogen and oxygen atoms in total. The Morgan fingerprint density at radius 2 is 2.10 bits per heavy atom. The molecule has 1 aromatic carbocycles. The first-order chi connectivity index (χ1) is 9.74.